The van der Waals surface area contributed by atoms with Crippen molar-refractivity contribution >= 4 is 11.8 Å². The third-order valence-corrected chi connectivity index (χ3v) is 5.91. The van der Waals surface area contributed by atoms with Gasteiger partial charge in [-0.15, -0.1) is 0 Å². The van der Waals surface area contributed by atoms with E-state index in [4.69, 9.17) is 9.47 Å². The molecule has 1 N–H and O–H groups in total. The fourth-order valence-corrected chi connectivity index (χ4v) is 3.90. The summed E-state index contributed by atoms with van der Waals surface area (Å²) in [5.74, 6) is -1.67. The molecule has 0 saturated carbocycles. The molecule has 1 heterocycles. The smallest absolute Gasteiger partial charge is 0.309 e. The first-order chi connectivity index (χ1) is 16.4. The molecule has 1 unspecified atom stereocenters. The Morgan fingerprint density at radius 3 is 2.00 bits per heavy atom. The molecule has 1 aromatic heterocycles. The molecule has 0 radical (unpaired) electrons. The number of benzene rings is 2. The number of nitrogens with zero attached hydrogens (tertiary/aromatic N) is 1. The maximum Gasteiger partial charge on any atom is 0.309 e. The van der Waals surface area contributed by atoms with Gasteiger partial charge in [-0.05, 0) is 30.9 Å². The molecule has 0 aliphatic heterocycles. The molecule has 2 atom stereocenters. The van der Waals surface area contributed by atoms with Crippen molar-refractivity contribution in [2.45, 2.75) is 39.2 Å². The molecule has 3 rings (SSSR count). The molecule has 0 fully saturated rings. The van der Waals surface area contributed by atoms with Gasteiger partial charge in [0.1, 0.15) is 6.10 Å². The summed E-state index contributed by atoms with van der Waals surface area (Å²) in [6.07, 6.45) is 2.43. The number of carbonyl (C=O) groups is 2. The van der Waals surface area contributed by atoms with E-state index in [0.717, 1.165) is 12.8 Å². The van der Waals surface area contributed by atoms with Crippen molar-refractivity contribution in [3.8, 4) is 11.5 Å². The average Bonchev–Trinajstić information content (AvgIpc) is 2.84. The molecule has 6 heteroatoms. The van der Waals surface area contributed by atoms with Gasteiger partial charge in [0.15, 0.2) is 23.0 Å². The summed E-state index contributed by atoms with van der Waals surface area (Å²) in [5, 5.41) is 10.2. The predicted octanol–water partition coefficient (Wildman–Crippen LogP) is 5.04. The van der Waals surface area contributed by atoms with E-state index in [-0.39, 0.29) is 35.6 Å². The summed E-state index contributed by atoms with van der Waals surface area (Å²) in [4.78, 5) is 29.5. The van der Waals surface area contributed by atoms with E-state index in [1.807, 2.05) is 43.3 Å². The number of hydrogen-bond acceptors (Lipinski definition) is 6. The minimum Gasteiger partial charge on any atom is -0.503 e. The van der Waals surface area contributed by atoms with Crippen molar-refractivity contribution in [1.29, 1.82) is 0 Å². The second-order valence-corrected chi connectivity index (χ2v) is 8.52. The monoisotopic (exact) mass is 461 g/mol. The highest BCUT2D eigenvalue weighted by Gasteiger charge is 2.27. The molecule has 0 amide bonds. The van der Waals surface area contributed by atoms with Crippen LogP contribution in [0.5, 0.6) is 11.5 Å². The van der Waals surface area contributed by atoms with Crippen LogP contribution in [-0.4, -0.2) is 35.1 Å². The minimum absolute atomic E-state index is 0.0701. The van der Waals surface area contributed by atoms with Crippen LogP contribution in [0, 0.1) is 11.8 Å². The Morgan fingerprint density at radius 2 is 1.47 bits per heavy atom. The van der Waals surface area contributed by atoms with Gasteiger partial charge >= 0.3 is 5.97 Å². The van der Waals surface area contributed by atoms with E-state index in [2.05, 4.69) is 29.2 Å². The fraction of sp³-hybridized carbons (Fsp3) is 0.321. The number of methoxy groups -OCH3 is 1. The predicted molar refractivity (Wildman–Crippen MR) is 130 cm³/mol. The van der Waals surface area contributed by atoms with Crippen molar-refractivity contribution in [1.82, 2.24) is 4.98 Å². The number of hydrogen-bond donors (Lipinski definition) is 1. The summed E-state index contributed by atoms with van der Waals surface area (Å²) in [7, 11) is 1.39. The Bertz CT molecular complexity index is 1040. The zero-order valence-corrected chi connectivity index (χ0v) is 19.8. The van der Waals surface area contributed by atoms with Gasteiger partial charge in [-0.3, -0.25) is 9.59 Å². The number of aromatic hydroxyl groups is 1. The van der Waals surface area contributed by atoms with Crippen LogP contribution < -0.4 is 4.74 Å². The van der Waals surface area contributed by atoms with Gasteiger partial charge in [-0.25, -0.2) is 4.98 Å². The van der Waals surface area contributed by atoms with E-state index in [0.29, 0.717) is 0 Å². The van der Waals surface area contributed by atoms with Gasteiger partial charge < -0.3 is 14.6 Å². The fourth-order valence-electron chi connectivity index (χ4n) is 3.90. The molecule has 178 valence electrons. The number of rotatable bonds is 11. The molecule has 2 aromatic carbocycles. The van der Waals surface area contributed by atoms with Crippen molar-refractivity contribution in [3.63, 3.8) is 0 Å². The third-order valence-electron chi connectivity index (χ3n) is 5.91. The van der Waals surface area contributed by atoms with Gasteiger partial charge in [0.05, 0.1) is 13.0 Å². The lowest BCUT2D eigenvalue weighted by Crippen LogP contribution is -2.30. The number of pyridine rings is 1. The number of ketones is 1. The highest BCUT2D eigenvalue weighted by atomic mass is 16.5. The van der Waals surface area contributed by atoms with Crippen LogP contribution in [0.2, 0.25) is 0 Å². The van der Waals surface area contributed by atoms with Crippen LogP contribution in [0.25, 0.3) is 0 Å². The van der Waals surface area contributed by atoms with Crippen LogP contribution in [0.3, 0.4) is 0 Å². The lowest BCUT2D eigenvalue weighted by molar-refractivity contribution is -0.155. The van der Waals surface area contributed by atoms with Crippen molar-refractivity contribution in [3.05, 3.63) is 89.7 Å². The highest BCUT2D eigenvalue weighted by Crippen LogP contribution is 2.29. The van der Waals surface area contributed by atoms with Crippen LogP contribution in [-0.2, 0) is 22.4 Å². The first-order valence-corrected chi connectivity index (χ1v) is 11.4. The second-order valence-electron chi connectivity index (χ2n) is 8.52. The summed E-state index contributed by atoms with van der Waals surface area (Å²) in [5.41, 5.74) is 2.24. The lowest BCUT2D eigenvalue weighted by atomic mass is 9.88. The number of esters is 1. The normalized spacial score (nSPS) is 12.7. The molecule has 0 bridgehead atoms. The van der Waals surface area contributed by atoms with Gasteiger partial charge in [-0.2, -0.15) is 0 Å². The Hall–Kier alpha value is -3.67. The molecule has 0 aliphatic carbocycles. The van der Waals surface area contributed by atoms with Crippen LogP contribution >= 0.6 is 0 Å². The summed E-state index contributed by atoms with van der Waals surface area (Å²) < 4.78 is 10.9. The van der Waals surface area contributed by atoms with Crippen molar-refractivity contribution in [2.75, 3.05) is 7.11 Å². The lowest BCUT2D eigenvalue weighted by Gasteiger charge is -2.26. The van der Waals surface area contributed by atoms with Crippen molar-refractivity contribution in [2.24, 2.45) is 11.8 Å². The third kappa shape index (κ3) is 6.67. The van der Waals surface area contributed by atoms with Gasteiger partial charge in [0.25, 0.3) is 0 Å². The molecule has 0 aliphatic rings. The average molecular weight is 462 g/mol. The van der Waals surface area contributed by atoms with E-state index in [1.165, 1.54) is 30.5 Å². The second kappa shape index (κ2) is 12.0. The van der Waals surface area contributed by atoms with E-state index >= 15 is 0 Å². The van der Waals surface area contributed by atoms with Gasteiger partial charge in [-0.1, -0.05) is 67.6 Å². The van der Waals surface area contributed by atoms with E-state index in [1.54, 1.807) is 6.92 Å². The Kier molecular flexibility index (Phi) is 8.79. The molecule has 0 spiro atoms. The zero-order chi connectivity index (χ0) is 24.5. The molecular formula is C28H31NO5. The van der Waals surface area contributed by atoms with Crippen molar-refractivity contribution < 1.29 is 24.2 Å². The largest absolute Gasteiger partial charge is 0.503 e. The number of Topliss-reactive ketones (excluding diaryl/α,β-unsaturated/α-hetero) is 1. The number of aromatic nitrogens is 1. The molecule has 34 heavy (non-hydrogen) atoms. The maximum atomic E-state index is 12.9. The zero-order valence-electron chi connectivity index (χ0n) is 19.8. The van der Waals surface area contributed by atoms with Crippen LogP contribution in [0.4, 0.5) is 0 Å². The van der Waals surface area contributed by atoms with Gasteiger partial charge in [0.2, 0.25) is 0 Å². The molecule has 6 nitrogen and oxygen atoms in total. The first-order valence-electron chi connectivity index (χ1n) is 11.4. The van der Waals surface area contributed by atoms with E-state index < -0.39 is 17.7 Å². The number of carbonyl (C=O) groups excluding carboxylic acids is 2. The quantitative estimate of drug-likeness (QED) is 0.318. The molecule has 0 saturated heterocycles. The minimum atomic E-state index is -0.684. The first kappa shape index (κ1) is 25.0. The Balaban J connectivity index is 1.67. The number of ether oxygens (including phenoxy) is 2. The van der Waals surface area contributed by atoms with Crippen LogP contribution in [0.15, 0.2) is 72.9 Å². The van der Waals surface area contributed by atoms with E-state index in [9.17, 15) is 14.7 Å². The highest BCUT2D eigenvalue weighted by molar-refractivity contribution is 5.99. The standard InChI is InChI=1S/C28H31NO5/c1-19(16-24(30)26-27(31)25(33-3)14-15-29-26)28(32)34-20(2)23(17-21-10-6-4-7-11-21)18-22-12-8-5-9-13-22/h4-15,19-20,23,31H,16-18H2,1-3H3/t19-,20?/m1/s1. The van der Waals surface area contributed by atoms with Gasteiger partial charge in [0, 0.05) is 24.6 Å². The SMILES string of the molecule is COc1ccnc(C(=O)C[C@@H](C)C(=O)OC(C)C(Cc2ccccc2)Cc2ccccc2)c1O. The summed E-state index contributed by atoms with van der Waals surface area (Å²) in [6, 6.07) is 21.7. The van der Waals surface area contributed by atoms with Crippen LogP contribution in [0.1, 0.15) is 41.9 Å². The summed E-state index contributed by atoms with van der Waals surface area (Å²) >= 11 is 0. The molecule has 3 aromatic rings. The maximum absolute atomic E-state index is 12.9. The Morgan fingerprint density at radius 1 is 0.912 bits per heavy atom. The topological polar surface area (TPSA) is 85.7 Å². The summed E-state index contributed by atoms with van der Waals surface area (Å²) in [6.45, 7) is 3.55. The Labute approximate surface area is 200 Å². The molecular weight excluding hydrogens is 430 g/mol.